The Kier molecular flexibility index (Phi) is 1.45. The van der Waals surface area contributed by atoms with E-state index in [1.807, 2.05) is 30.1 Å². The molecule has 1 saturated carbocycles. The van der Waals surface area contributed by atoms with E-state index in [4.69, 9.17) is 0 Å². The molecule has 15 heavy (non-hydrogen) atoms. The molecule has 1 amide bonds. The van der Waals surface area contributed by atoms with E-state index in [9.17, 15) is 4.79 Å². The number of hydrogen-bond acceptors (Lipinski definition) is 1. The van der Waals surface area contributed by atoms with E-state index in [1.54, 1.807) is 0 Å². The zero-order valence-electron chi connectivity index (χ0n) is 9.32. The predicted octanol–water partition coefficient (Wildman–Crippen LogP) is 2.19. The van der Waals surface area contributed by atoms with Gasteiger partial charge in [0.25, 0.3) is 0 Å². The summed E-state index contributed by atoms with van der Waals surface area (Å²) < 4.78 is 0. The SMILES string of the molecule is CC1C(C)C12C(=O)N(C)c1ccccc12. The van der Waals surface area contributed by atoms with E-state index < -0.39 is 0 Å². The lowest BCUT2D eigenvalue weighted by Gasteiger charge is -2.10. The van der Waals surface area contributed by atoms with Gasteiger partial charge in [0, 0.05) is 12.7 Å². The normalized spacial score (nSPS) is 37.3. The standard InChI is InChI=1S/C13H15NO/c1-8-9(2)13(8)10-6-4-5-7-11(10)14(3)12(13)15/h4-9H,1-3H3. The number of rotatable bonds is 0. The molecule has 0 N–H and O–H groups in total. The van der Waals surface area contributed by atoms with Crippen LogP contribution in [0.5, 0.6) is 0 Å². The van der Waals surface area contributed by atoms with Crippen molar-refractivity contribution in [2.45, 2.75) is 19.3 Å². The number of para-hydroxylation sites is 1. The van der Waals surface area contributed by atoms with Gasteiger partial charge in [-0.3, -0.25) is 4.79 Å². The third-order valence-electron chi connectivity index (χ3n) is 4.45. The molecule has 78 valence electrons. The summed E-state index contributed by atoms with van der Waals surface area (Å²) in [6.07, 6.45) is 0. The second-order valence-electron chi connectivity index (χ2n) is 4.83. The van der Waals surface area contributed by atoms with Gasteiger partial charge in [0.1, 0.15) is 0 Å². The van der Waals surface area contributed by atoms with E-state index >= 15 is 0 Å². The first-order chi connectivity index (χ1) is 7.11. The smallest absolute Gasteiger partial charge is 0.238 e. The van der Waals surface area contributed by atoms with E-state index in [0.29, 0.717) is 11.8 Å². The Morgan fingerprint density at radius 3 is 2.40 bits per heavy atom. The summed E-state index contributed by atoms with van der Waals surface area (Å²) in [5, 5.41) is 0. The molecule has 2 aliphatic rings. The molecule has 1 heterocycles. The summed E-state index contributed by atoms with van der Waals surface area (Å²) in [5.74, 6) is 1.25. The minimum absolute atomic E-state index is 0.189. The van der Waals surface area contributed by atoms with Gasteiger partial charge in [-0.05, 0) is 23.5 Å². The highest BCUT2D eigenvalue weighted by atomic mass is 16.2. The third kappa shape index (κ3) is 0.760. The maximum atomic E-state index is 12.3. The molecular weight excluding hydrogens is 186 g/mol. The topological polar surface area (TPSA) is 20.3 Å². The Labute approximate surface area is 89.9 Å². The minimum atomic E-state index is -0.189. The molecule has 0 bridgehead atoms. The van der Waals surface area contributed by atoms with E-state index in [-0.39, 0.29) is 11.3 Å². The lowest BCUT2D eigenvalue weighted by Crippen LogP contribution is -2.30. The predicted molar refractivity (Wildman–Crippen MR) is 59.9 cm³/mol. The highest BCUT2D eigenvalue weighted by Crippen LogP contribution is 2.65. The van der Waals surface area contributed by atoms with Gasteiger partial charge in [-0.15, -0.1) is 0 Å². The van der Waals surface area contributed by atoms with Crippen molar-refractivity contribution in [1.82, 2.24) is 0 Å². The molecule has 0 saturated heterocycles. The Hall–Kier alpha value is -1.31. The van der Waals surface area contributed by atoms with Crippen LogP contribution in [0.2, 0.25) is 0 Å². The Morgan fingerprint density at radius 2 is 1.80 bits per heavy atom. The summed E-state index contributed by atoms with van der Waals surface area (Å²) in [5.41, 5.74) is 2.14. The van der Waals surface area contributed by atoms with Gasteiger partial charge in [0.05, 0.1) is 5.41 Å². The Morgan fingerprint density at radius 1 is 1.20 bits per heavy atom. The number of likely N-dealkylation sites (N-methyl/N-ethyl adjacent to an activating group) is 1. The molecule has 2 atom stereocenters. The first-order valence-corrected chi connectivity index (χ1v) is 5.49. The number of anilines is 1. The monoisotopic (exact) mass is 201 g/mol. The fourth-order valence-corrected chi connectivity index (χ4v) is 3.27. The average molecular weight is 201 g/mol. The van der Waals surface area contributed by atoms with Crippen molar-refractivity contribution in [2.75, 3.05) is 11.9 Å². The molecule has 3 rings (SSSR count). The Bertz CT molecular complexity index is 444. The van der Waals surface area contributed by atoms with Gasteiger partial charge in [-0.25, -0.2) is 0 Å². The Balaban J connectivity index is 2.25. The van der Waals surface area contributed by atoms with Crippen molar-refractivity contribution in [3.63, 3.8) is 0 Å². The van der Waals surface area contributed by atoms with Crippen LogP contribution in [0.4, 0.5) is 5.69 Å². The van der Waals surface area contributed by atoms with Crippen LogP contribution in [0.3, 0.4) is 0 Å². The number of carbonyl (C=O) groups is 1. The summed E-state index contributed by atoms with van der Waals surface area (Å²) >= 11 is 0. The molecule has 2 heteroatoms. The number of amides is 1. The van der Waals surface area contributed by atoms with Gasteiger partial charge in [-0.2, -0.15) is 0 Å². The molecule has 1 aromatic carbocycles. The van der Waals surface area contributed by atoms with E-state index in [1.165, 1.54) is 5.56 Å². The van der Waals surface area contributed by atoms with Crippen molar-refractivity contribution in [1.29, 1.82) is 0 Å². The molecule has 1 aliphatic heterocycles. The van der Waals surface area contributed by atoms with Gasteiger partial charge in [0.15, 0.2) is 0 Å². The zero-order chi connectivity index (χ0) is 10.8. The largest absolute Gasteiger partial charge is 0.314 e. The quantitative estimate of drug-likeness (QED) is 0.630. The first-order valence-electron chi connectivity index (χ1n) is 5.49. The van der Waals surface area contributed by atoms with Crippen LogP contribution in [0, 0.1) is 11.8 Å². The molecule has 2 nitrogen and oxygen atoms in total. The maximum Gasteiger partial charge on any atom is 0.238 e. The number of carbonyl (C=O) groups excluding carboxylic acids is 1. The molecule has 0 radical (unpaired) electrons. The van der Waals surface area contributed by atoms with Crippen LogP contribution in [-0.2, 0) is 10.2 Å². The van der Waals surface area contributed by atoms with Crippen molar-refractivity contribution >= 4 is 11.6 Å². The van der Waals surface area contributed by atoms with Crippen molar-refractivity contribution in [3.8, 4) is 0 Å². The molecule has 1 fully saturated rings. The molecule has 2 unspecified atom stereocenters. The maximum absolute atomic E-state index is 12.3. The second-order valence-corrected chi connectivity index (χ2v) is 4.83. The number of nitrogens with zero attached hydrogens (tertiary/aromatic N) is 1. The van der Waals surface area contributed by atoms with Crippen LogP contribution in [0.1, 0.15) is 19.4 Å². The highest BCUT2D eigenvalue weighted by Gasteiger charge is 2.69. The molecule has 1 aromatic rings. The fourth-order valence-electron chi connectivity index (χ4n) is 3.27. The van der Waals surface area contributed by atoms with Crippen LogP contribution < -0.4 is 4.90 Å². The fraction of sp³-hybridized carbons (Fsp3) is 0.462. The van der Waals surface area contributed by atoms with Crippen LogP contribution in [-0.4, -0.2) is 13.0 Å². The van der Waals surface area contributed by atoms with Crippen LogP contribution >= 0.6 is 0 Å². The zero-order valence-corrected chi connectivity index (χ0v) is 9.32. The summed E-state index contributed by atoms with van der Waals surface area (Å²) in [4.78, 5) is 14.1. The van der Waals surface area contributed by atoms with E-state index in [2.05, 4.69) is 19.9 Å². The van der Waals surface area contributed by atoms with Crippen molar-refractivity contribution in [2.24, 2.45) is 11.8 Å². The molecular formula is C13H15NO. The number of hydrogen-bond donors (Lipinski definition) is 0. The average Bonchev–Trinajstić information content (AvgIpc) is 2.72. The van der Waals surface area contributed by atoms with Crippen LogP contribution in [0.15, 0.2) is 24.3 Å². The van der Waals surface area contributed by atoms with Crippen molar-refractivity contribution < 1.29 is 4.79 Å². The van der Waals surface area contributed by atoms with Gasteiger partial charge < -0.3 is 4.90 Å². The second kappa shape index (κ2) is 2.43. The van der Waals surface area contributed by atoms with Gasteiger partial charge in [-0.1, -0.05) is 32.0 Å². The molecule has 0 aromatic heterocycles. The third-order valence-corrected chi connectivity index (χ3v) is 4.45. The molecule has 1 aliphatic carbocycles. The minimum Gasteiger partial charge on any atom is -0.314 e. The van der Waals surface area contributed by atoms with E-state index in [0.717, 1.165) is 5.69 Å². The summed E-state index contributed by atoms with van der Waals surface area (Å²) in [7, 11) is 1.88. The lowest BCUT2D eigenvalue weighted by atomic mass is 9.94. The van der Waals surface area contributed by atoms with Gasteiger partial charge in [0.2, 0.25) is 5.91 Å². The number of fused-ring (bicyclic) bond motifs is 2. The highest BCUT2D eigenvalue weighted by molar-refractivity contribution is 6.10. The lowest BCUT2D eigenvalue weighted by molar-refractivity contribution is -0.120. The summed E-state index contributed by atoms with van der Waals surface area (Å²) in [6, 6.07) is 8.18. The number of benzene rings is 1. The van der Waals surface area contributed by atoms with Crippen molar-refractivity contribution in [3.05, 3.63) is 29.8 Å². The van der Waals surface area contributed by atoms with Crippen LogP contribution in [0.25, 0.3) is 0 Å². The molecule has 1 spiro atoms. The first kappa shape index (κ1) is 8.96. The summed E-state index contributed by atoms with van der Waals surface area (Å²) in [6.45, 7) is 4.36. The van der Waals surface area contributed by atoms with Gasteiger partial charge >= 0.3 is 0 Å².